The summed E-state index contributed by atoms with van der Waals surface area (Å²) in [4.78, 5) is 18.8. The van der Waals surface area contributed by atoms with Crippen LogP contribution in [0.2, 0.25) is 0 Å². The summed E-state index contributed by atoms with van der Waals surface area (Å²) in [5.41, 5.74) is 9.28. The molecule has 1 saturated carbocycles. The van der Waals surface area contributed by atoms with Gasteiger partial charge < -0.3 is 16.0 Å². The van der Waals surface area contributed by atoms with Crippen molar-refractivity contribution in [2.45, 2.75) is 50.1 Å². The summed E-state index contributed by atoms with van der Waals surface area (Å²) >= 11 is 1.68. The maximum absolute atomic E-state index is 11.0. The molecule has 5 rings (SSSR count). The van der Waals surface area contributed by atoms with Crippen LogP contribution in [0.25, 0.3) is 10.4 Å². The van der Waals surface area contributed by atoms with Gasteiger partial charge in [-0.3, -0.25) is 10.1 Å². The minimum absolute atomic E-state index is 0.127. The van der Waals surface area contributed by atoms with Gasteiger partial charge in [0.1, 0.15) is 0 Å². The van der Waals surface area contributed by atoms with Crippen LogP contribution < -0.4 is 16.0 Å². The van der Waals surface area contributed by atoms with Crippen LogP contribution in [0.1, 0.15) is 38.5 Å². The third-order valence-corrected chi connectivity index (χ3v) is 8.45. The van der Waals surface area contributed by atoms with Gasteiger partial charge >= 0.3 is 0 Å². The zero-order valence-electron chi connectivity index (χ0n) is 19.2. The summed E-state index contributed by atoms with van der Waals surface area (Å²) in [6, 6.07) is 17.4. The molecule has 1 aliphatic carbocycles. The Bertz CT molecular complexity index is 1120. The first-order chi connectivity index (χ1) is 16.5. The van der Waals surface area contributed by atoms with Crippen molar-refractivity contribution in [1.82, 2.24) is 4.98 Å². The van der Waals surface area contributed by atoms with Crippen LogP contribution in [-0.4, -0.2) is 34.6 Å². The Hall–Kier alpha value is -2.97. The highest BCUT2D eigenvalue weighted by Crippen LogP contribution is 2.40. The summed E-state index contributed by atoms with van der Waals surface area (Å²) in [7, 11) is 0. The normalized spacial score (nSPS) is 25.1. The van der Waals surface area contributed by atoms with E-state index in [1.807, 2.05) is 36.5 Å². The van der Waals surface area contributed by atoms with Gasteiger partial charge in [-0.25, -0.2) is 4.98 Å². The molecule has 1 aromatic heterocycles. The smallest absolute Gasteiger partial charge is 0.269 e. The number of nitro groups is 1. The van der Waals surface area contributed by atoms with Crippen molar-refractivity contribution >= 4 is 27.8 Å². The zero-order valence-corrected chi connectivity index (χ0v) is 20.0. The number of aromatic nitrogens is 1. The van der Waals surface area contributed by atoms with Crippen molar-refractivity contribution in [2.24, 2.45) is 11.7 Å². The molecule has 3 unspecified atom stereocenters. The van der Waals surface area contributed by atoms with E-state index in [0.29, 0.717) is 5.92 Å². The number of nitrogens with two attached hydrogens (primary N) is 1. The van der Waals surface area contributed by atoms with E-state index in [9.17, 15) is 10.1 Å². The molecule has 3 aromatic rings. The number of nitro benzene ring substituents is 1. The van der Waals surface area contributed by atoms with Gasteiger partial charge in [-0.15, -0.1) is 0 Å². The molecule has 178 valence electrons. The number of piperidine rings is 1. The van der Waals surface area contributed by atoms with Crippen molar-refractivity contribution in [3.63, 3.8) is 0 Å². The summed E-state index contributed by atoms with van der Waals surface area (Å²) in [6.45, 7) is 1.83. The molecule has 3 atom stereocenters. The molecule has 0 radical (unpaired) electrons. The summed E-state index contributed by atoms with van der Waals surface area (Å²) in [6.07, 6.45) is 8.49. The maximum Gasteiger partial charge on any atom is 0.269 e. The van der Waals surface area contributed by atoms with Crippen molar-refractivity contribution in [2.75, 3.05) is 23.3 Å². The third kappa shape index (κ3) is 4.65. The van der Waals surface area contributed by atoms with Crippen LogP contribution in [0.15, 0.2) is 60.8 Å². The SMILES string of the molecule is NC1(C2CCCN(c3ccc([N+](=O)[O-])cc3)C2)CCCCC1Nc1ncc(-c2ccccc2)s1. The standard InChI is InChI=1S/C26H31N5O2S/c27-26(20-9-6-16-30(18-20)21-11-13-22(14-12-21)31(32)33)15-5-4-10-24(26)29-25-28-17-23(34-25)19-7-2-1-3-8-19/h1-3,7-8,11-14,17,20,24H,4-6,9-10,15-16,18,27H2,(H,28,29). The second kappa shape index (κ2) is 9.72. The average Bonchev–Trinajstić information content (AvgIpc) is 3.35. The molecule has 1 saturated heterocycles. The molecular formula is C26H31N5O2S. The fourth-order valence-electron chi connectivity index (χ4n) is 5.58. The minimum atomic E-state index is -0.349. The molecule has 2 heterocycles. The third-order valence-electron chi connectivity index (χ3n) is 7.47. The predicted octanol–water partition coefficient (Wildman–Crippen LogP) is 5.69. The lowest BCUT2D eigenvalue weighted by atomic mass is 9.67. The molecule has 34 heavy (non-hydrogen) atoms. The number of thiazole rings is 1. The molecule has 8 heteroatoms. The molecule has 7 nitrogen and oxygen atoms in total. The summed E-state index contributed by atoms with van der Waals surface area (Å²) in [5, 5.41) is 15.7. The second-order valence-corrected chi connectivity index (χ2v) is 10.5. The van der Waals surface area contributed by atoms with Crippen molar-refractivity contribution in [1.29, 1.82) is 0 Å². The van der Waals surface area contributed by atoms with E-state index in [2.05, 4.69) is 27.3 Å². The number of nitrogens with zero attached hydrogens (tertiary/aromatic N) is 3. The van der Waals surface area contributed by atoms with Crippen LogP contribution in [0.3, 0.4) is 0 Å². The highest BCUT2D eigenvalue weighted by molar-refractivity contribution is 7.18. The molecule has 3 N–H and O–H groups in total. The first kappa shape index (κ1) is 22.8. The van der Waals surface area contributed by atoms with Crippen LogP contribution in [0.5, 0.6) is 0 Å². The molecular weight excluding hydrogens is 446 g/mol. The number of non-ortho nitro benzene ring substituents is 1. The lowest BCUT2D eigenvalue weighted by Gasteiger charge is -2.50. The second-order valence-electron chi connectivity index (χ2n) is 9.51. The van der Waals surface area contributed by atoms with Gasteiger partial charge in [0.25, 0.3) is 5.69 Å². The van der Waals surface area contributed by atoms with Crippen LogP contribution >= 0.6 is 11.3 Å². The largest absolute Gasteiger partial charge is 0.371 e. The van der Waals surface area contributed by atoms with E-state index < -0.39 is 0 Å². The molecule has 2 fully saturated rings. The number of benzene rings is 2. The van der Waals surface area contributed by atoms with Gasteiger partial charge in [-0.05, 0) is 49.3 Å². The lowest BCUT2D eigenvalue weighted by molar-refractivity contribution is -0.384. The Labute approximate surface area is 204 Å². The van der Waals surface area contributed by atoms with Gasteiger partial charge in [-0.1, -0.05) is 54.5 Å². The number of anilines is 2. The van der Waals surface area contributed by atoms with Gasteiger partial charge in [0.05, 0.1) is 9.80 Å². The molecule has 2 aliphatic rings. The number of hydrogen-bond donors (Lipinski definition) is 2. The van der Waals surface area contributed by atoms with E-state index in [0.717, 1.165) is 60.9 Å². The highest BCUT2D eigenvalue weighted by Gasteiger charge is 2.45. The van der Waals surface area contributed by atoms with Crippen LogP contribution in [0, 0.1) is 16.0 Å². The Morgan fingerprint density at radius 3 is 2.65 bits per heavy atom. The Balaban J connectivity index is 1.32. The van der Waals surface area contributed by atoms with Gasteiger partial charge in [0.2, 0.25) is 0 Å². The Morgan fingerprint density at radius 2 is 1.88 bits per heavy atom. The van der Waals surface area contributed by atoms with Crippen molar-refractivity contribution in [3.05, 3.63) is 70.9 Å². The first-order valence-electron chi connectivity index (χ1n) is 12.1. The highest BCUT2D eigenvalue weighted by atomic mass is 32.1. The van der Waals surface area contributed by atoms with Gasteiger partial charge in [0, 0.05) is 48.7 Å². The van der Waals surface area contributed by atoms with E-state index >= 15 is 0 Å². The lowest BCUT2D eigenvalue weighted by Crippen LogP contribution is -2.63. The molecule has 0 amide bonds. The van der Waals surface area contributed by atoms with Crippen LogP contribution in [-0.2, 0) is 0 Å². The number of hydrogen-bond acceptors (Lipinski definition) is 7. The Kier molecular flexibility index (Phi) is 6.52. The predicted molar refractivity (Wildman–Crippen MR) is 138 cm³/mol. The number of rotatable bonds is 6. The molecule has 0 bridgehead atoms. The molecule has 0 spiro atoms. The van der Waals surface area contributed by atoms with E-state index in [-0.39, 0.29) is 22.2 Å². The molecule has 1 aliphatic heterocycles. The Morgan fingerprint density at radius 1 is 1.09 bits per heavy atom. The van der Waals surface area contributed by atoms with Gasteiger partial charge in [0.15, 0.2) is 5.13 Å². The average molecular weight is 478 g/mol. The van der Waals surface area contributed by atoms with Crippen LogP contribution in [0.4, 0.5) is 16.5 Å². The maximum atomic E-state index is 11.0. The van der Waals surface area contributed by atoms with Gasteiger partial charge in [-0.2, -0.15) is 0 Å². The monoisotopic (exact) mass is 477 g/mol. The fourth-order valence-corrected chi connectivity index (χ4v) is 6.45. The molecule has 2 aromatic carbocycles. The number of nitrogens with one attached hydrogen (secondary N) is 1. The summed E-state index contributed by atoms with van der Waals surface area (Å²) < 4.78 is 0. The van der Waals surface area contributed by atoms with E-state index in [1.165, 1.54) is 12.0 Å². The van der Waals surface area contributed by atoms with E-state index in [1.54, 1.807) is 23.5 Å². The first-order valence-corrected chi connectivity index (χ1v) is 12.9. The van der Waals surface area contributed by atoms with Crippen molar-refractivity contribution < 1.29 is 4.92 Å². The summed E-state index contributed by atoms with van der Waals surface area (Å²) in [5.74, 6) is 0.350. The van der Waals surface area contributed by atoms with E-state index in [4.69, 9.17) is 5.73 Å². The zero-order chi connectivity index (χ0) is 23.5. The van der Waals surface area contributed by atoms with Crippen molar-refractivity contribution in [3.8, 4) is 10.4 Å². The minimum Gasteiger partial charge on any atom is -0.371 e. The topological polar surface area (TPSA) is 97.3 Å². The quantitative estimate of drug-likeness (QED) is 0.350. The fraction of sp³-hybridized carbons (Fsp3) is 0.423.